The van der Waals surface area contributed by atoms with Crippen LogP contribution in [0, 0.1) is 0 Å². The Morgan fingerprint density at radius 3 is 2.73 bits per heavy atom. The van der Waals surface area contributed by atoms with E-state index in [1.807, 2.05) is 0 Å². The molecule has 2 N–H and O–H groups in total. The molecule has 15 heavy (non-hydrogen) atoms. The van der Waals surface area contributed by atoms with Gasteiger partial charge in [0.2, 0.25) is 5.91 Å². The van der Waals surface area contributed by atoms with Gasteiger partial charge in [-0.15, -0.1) is 0 Å². The average molecular weight is 217 g/mol. The summed E-state index contributed by atoms with van der Waals surface area (Å²) in [6.45, 7) is 3.78. The molecule has 0 rings (SSSR count). The average Bonchev–Trinajstić information content (AvgIpc) is 2.22. The maximum Gasteiger partial charge on any atom is 0.233 e. The standard InChI is InChI=1S/C10H23N3O2/c1-11-9-10(14)12-5-4-6-13(2)7-8-15-3/h11H,4-9H2,1-3H3,(H,12,14). The van der Waals surface area contributed by atoms with Crippen LogP contribution in [0.1, 0.15) is 6.42 Å². The lowest BCUT2D eigenvalue weighted by Gasteiger charge is -2.15. The molecule has 0 atom stereocenters. The molecule has 0 saturated heterocycles. The maximum absolute atomic E-state index is 11.1. The summed E-state index contributed by atoms with van der Waals surface area (Å²) >= 11 is 0. The Morgan fingerprint density at radius 1 is 1.40 bits per heavy atom. The van der Waals surface area contributed by atoms with Crippen molar-refractivity contribution in [2.45, 2.75) is 6.42 Å². The summed E-state index contributed by atoms with van der Waals surface area (Å²) in [4.78, 5) is 13.2. The van der Waals surface area contributed by atoms with Crippen LogP contribution in [0.3, 0.4) is 0 Å². The molecule has 0 aromatic carbocycles. The number of nitrogens with zero attached hydrogens (tertiary/aromatic N) is 1. The number of amides is 1. The number of likely N-dealkylation sites (N-methyl/N-ethyl adjacent to an activating group) is 2. The molecule has 0 aliphatic carbocycles. The number of hydrogen-bond donors (Lipinski definition) is 2. The topological polar surface area (TPSA) is 53.6 Å². The van der Waals surface area contributed by atoms with Crippen LogP contribution in [-0.2, 0) is 9.53 Å². The highest BCUT2D eigenvalue weighted by atomic mass is 16.5. The number of hydrogen-bond acceptors (Lipinski definition) is 4. The molecule has 0 aromatic rings. The summed E-state index contributed by atoms with van der Waals surface area (Å²) in [6, 6.07) is 0. The first-order valence-electron chi connectivity index (χ1n) is 5.29. The van der Waals surface area contributed by atoms with E-state index in [9.17, 15) is 4.79 Å². The van der Waals surface area contributed by atoms with Crippen molar-refractivity contribution in [1.82, 2.24) is 15.5 Å². The number of methoxy groups -OCH3 is 1. The highest BCUT2D eigenvalue weighted by Gasteiger charge is 1.99. The predicted octanol–water partition coefficient (Wildman–Crippen LogP) is -0.710. The first-order chi connectivity index (χ1) is 7.20. The van der Waals surface area contributed by atoms with Crippen LogP contribution in [-0.4, -0.2) is 64.8 Å². The van der Waals surface area contributed by atoms with E-state index in [4.69, 9.17) is 4.74 Å². The van der Waals surface area contributed by atoms with Gasteiger partial charge in [-0.2, -0.15) is 0 Å². The van der Waals surface area contributed by atoms with Gasteiger partial charge >= 0.3 is 0 Å². The van der Waals surface area contributed by atoms with Crippen molar-refractivity contribution < 1.29 is 9.53 Å². The summed E-state index contributed by atoms with van der Waals surface area (Å²) in [5.41, 5.74) is 0. The lowest BCUT2D eigenvalue weighted by Crippen LogP contribution is -2.34. The molecule has 0 aliphatic rings. The van der Waals surface area contributed by atoms with Crippen LogP contribution in [0.5, 0.6) is 0 Å². The van der Waals surface area contributed by atoms with E-state index in [1.54, 1.807) is 14.2 Å². The monoisotopic (exact) mass is 217 g/mol. The van der Waals surface area contributed by atoms with Gasteiger partial charge in [0.15, 0.2) is 0 Å². The van der Waals surface area contributed by atoms with Crippen molar-refractivity contribution >= 4 is 5.91 Å². The molecule has 90 valence electrons. The Balaban J connectivity index is 3.26. The van der Waals surface area contributed by atoms with E-state index in [0.29, 0.717) is 6.54 Å². The minimum Gasteiger partial charge on any atom is -0.383 e. The van der Waals surface area contributed by atoms with Crippen LogP contribution in [0.2, 0.25) is 0 Å². The van der Waals surface area contributed by atoms with Gasteiger partial charge in [0.25, 0.3) is 0 Å². The Morgan fingerprint density at radius 2 is 2.13 bits per heavy atom. The van der Waals surface area contributed by atoms with Gasteiger partial charge in [0.1, 0.15) is 0 Å². The third-order valence-corrected chi connectivity index (χ3v) is 2.05. The molecule has 0 heterocycles. The fourth-order valence-corrected chi connectivity index (χ4v) is 1.16. The lowest BCUT2D eigenvalue weighted by molar-refractivity contribution is -0.120. The van der Waals surface area contributed by atoms with Gasteiger partial charge < -0.3 is 20.3 Å². The van der Waals surface area contributed by atoms with E-state index < -0.39 is 0 Å². The second kappa shape index (κ2) is 9.89. The van der Waals surface area contributed by atoms with Gasteiger partial charge in [-0.25, -0.2) is 0 Å². The van der Waals surface area contributed by atoms with E-state index in [-0.39, 0.29) is 5.91 Å². The van der Waals surface area contributed by atoms with Crippen LogP contribution < -0.4 is 10.6 Å². The van der Waals surface area contributed by atoms with Gasteiger partial charge in [0, 0.05) is 20.2 Å². The molecule has 0 spiro atoms. The molecule has 0 saturated carbocycles. The zero-order chi connectivity index (χ0) is 11.5. The number of rotatable bonds is 9. The molecule has 5 heteroatoms. The Bertz CT molecular complexity index is 165. The second-order valence-corrected chi connectivity index (χ2v) is 3.53. The van der Waals surface area contributed by atoms with Crippen LogP contribution in [0.15, 0.2) is 0 Å². The Kier molecular flexibility index (Phi) is 9.46. The van der Waals surface area contributed by atoms with Crippen LogP contribution >= 0.6 is 0 Å². The minimum atomic E-state index is 0.0528. The summed E-state index contributed by atoms with van der Waals surface area (Å²) < 4.78 is 4.97. The largest absolute Gasteiger partial charge is 0.383 e. The number of nitrogens with one attached hydrogen (secondary N) is 2. The molecular weight excluding hydrogens is 194 g/mol. The quantitative estimate of drug-likeness (QED) is 0.501. The molecule has 0 fully saturated rings. The Hall–Kier alpha value is -0.650. The van der Waals surface area contributed by atoms with E-state index in [1.165, 1.54) is 0 Å². The van der Waals surface area contributed by atoms with Crippen LogP contribution in [0.4, 0.5) is 0 Å². The van der Waals surface area contributed by atoms with Crippen molar-refractivity contribution in [2.75, 3.05) is 54.0 Å². The number of ether oxygens (including phenoxy) is 1. The van der Waals surface area contributed by atoms with Crippen molar-refractivity contribution in [3.05, 3.63) is 0 Å². The SMILES string of the molecule is CNCC(=O)NCCCN(C)CCOC. The number of carbonyl (C=O) groups excluding carboxylic acids is 1. The minimum absolute atomic E-state index is 0.0528. The van der Waals surface area contributed by atoms with Gasteiger partial charge in [-0.3, -0.25) is 4.79 Å². The molecule has 0 bridgehead atoms. The summed E-state index contributed by atoms with van der Waals surface area (Å²) in [5.74, 6) is 0.0528. The zero-order valence-electron chi connectivity index (χ0n) is 10.0. The molecule has 1 amide bonds. The van der Waals surface area contributed by atoms with Gasteiger partial charge in [0.05, 0.1) is 13.2 Å². The predicted molar refractivity (Wildman–Crippen MR) is 60.9 cm³/mol. The fourth-order valence-electron chi connectivity index (χ4n) is 1.16. The van der Waals surface area contributed by atoms with Crippen LogP contribution in [0.25, 0.3) is 0 Å². The molecule has 5 nitrogen and oxygen atoms in total. The normalized spacial score (nSPS) is 10.7. The Labute approximate surface area is 92.2 Å². The van der Waals surface area contributed by atoms with Crippen molar-refractivity contribution in [2.24, 2.45) is 0 Å². The summed E-state index contributed by atoms with van der Waals surface area (Å²) in [5, 5.41) is 5.64. The summed E-state index contributed by atoms with van der Waals surface area (Å²) in [7, 11) is 5.51. The third kappa shape index (κ3) is 9.65. The van der Waals surface area contributed by atoms with Crippen molar-refractivity contribution in [1.29, 1.82) is 0 Å². The molecule has 0 aromatic heterocycles. The second-order valence-electron chi connectivity index (χ2n) is 3.53. The smallest absolute Gasteiger partial charge is 0.233 e. The van der Waals surface area contributed by atoms with E-state index >= 15 is 0 Å². The zero-order valence-corrected chi connectivity index (χ0v) is 10.0. The first kappa shape index (κ1) is 14.3. The van der Waals surface area contributed by atoms with Gasteiger partial charge in [-0.05, 0) is 27.1 Å². The molecule has 0 aliphatic heterocycles. The molecule has 0 unspecified atom stereocenters. The molecular formula is C10H23N3O2. The third-order valence-electron chi connectivity index (χ3n) is 2.05. The fraction of sp³-hybridized carbons (Fsp3) is 0.900. The summed E-state index contributed by atoms with van der Waals surface area (Å²) in [6.07, 6.45) is 0.968. The van der Waals surface area contributed by atoms with E-state index in [0.717, 1.165) is 32.7 Å². The molecule has 0 radical (unpaired) electrons. The number of carbonyl (C=O) groups is 1. The lowest BCUT2D eigenvalue weighted by atomic mass is 10.4. The highest BCUT2D eigenvalue weighted by molar-refractivity contribution is 5.77. The maximum atomic E-state index is 11.1. The van der Waals surface area contributed by atoms with Crippen molar-refractivity contribution in [3.8, 4) is 0 Å². The van der Waals surface area contributed by atoms with Crippen molar-refractivity contribution in [3.63, 3.8) is 0 Å². The first-order valence-corrected chi connectivity index (χ1v) is 5.29. The van der Waals surface area contributed by atoms with E-state index in [2.05, 4.69) is 22.6 Å². The van der Waals surface area contributed by atoms with Gasteiger partial charge in [-0.1, -0.05) is 0 Å². The highest BCUT2D eigenvalue weighted by Crippen LogP contribution is 1.86.